The number of aromatic nitrogens is 2. The Balaban J connectivity index is 1.67. The SMILES string of the molecule is C[C@@H](N[C@@H]1CCCN(Cc2ccc(F)cc2F)C1=O)c1ccnn1C. The Kier molecular flexibility index (Phi) is 5.13. The molecule has 0 bridgehead atoms. The number of nitrogens with one attached hydrogen (secondary N) is 1. The van der Waals surface area contributed by atoms with Crippen molar-refractivity contribution in [3.05, 3.63) is 53.4 Å². The predicted octanol–water partition coefficient (Wildman–Crippen LogP) is 2.54. The number of likely N-dealkylation sites (tertiary alicyclic amines) is 1. The average Bonchev–Trinajstić information content (AvgIpc) is 3.00. The van der Waals surface area contributed by atoms with Crippen molar-refractivity contribution in [1.82, 2.24) is 20.0 Å². The quantitative estimate of drug-likeness (QED) is 0.903. The Hall–Kier alpha value is -2.28. The Morgan fingerprint density at radius 2 is 2.16 bits per heavy atom. The van der Waals surface area contributed by atoms with Crippen LogP contribution in [0.3, 0.4) is 0 Å². The standard InChI is InChI=1S/C18H22F2N4O/c1-12(17-7-8-21-23(17)2)22-16-4-3-9-24(18(16)25)11-13-5-6-14(19)10-15(13)20/h5-8,10,12,16,22H,3-4,9,11H2,1-2H3/t12-,16-/m1/s1. The Labute approximate surface area is 145 Å². The summed E-state index contributed by atoms with van der Waals surface area (Å²) in [5, 5.41) is 7.49. The molecule has 0 unspecified atom stereocenters. The minimum absolute atomic E-state index is 0.0241. The van der Waals surface area contributed by atoms with Gasteiger partial charge in [-0.3, -0.25) is 14.8 Å². The molecule has 0 spiro atoms. The van der Waals surface area contributed by atoms with Crippen LogP contribution in [-0.2, 0) is 18.4 Å². The third-order valence-corrected chi connectivity index (χ3v) is 4.66. The molecule has 134 valence electrons. The van der Waals surface area contributed by atoms with E-state index in [0.717, 1.165) is 24.6 Å². The zero-order valence-electron chi connectivity index (χ0n) is 14.4. The van der Waals surface area contributed by atoms with Crippen molar-refractivity contribution in [2.45, 2.75) is 38.4 Å². The first-order valence-corrected chi connectivity index (χ1v) is 8.42. The highest BCUT2D eigenvalue weighted by molar-refractivity contribution is 5.82. The molecule has 1 amide bonds. The zero-order valence-corrected chi connectivity index (χ0v) is 14.4. The molecule has 1 fully saturated rings. The monoisotopic (exact) mass is 348 g/mol. The molecule has 1 aromatic carbocycles. The highest BCUT2D eigenvalue weighted by Gasteiger charge is 2.30. The maximum Gasteiger partial charge on any atom is 0.240 e. The Bertz CT molecular complexity index is 761. The van der Waals surface area contributed by atoms with Gasteiger partial charge in [-0.1, -0.05) is 6.07 Å². The van der Waals surface area contributed by atoms with Crippen molar-refractivity contribution >= 4 is 5.91 Å². The minimum Gasteiger partial charge on any atom is -0.337 e. The summed E-state index contributed by atoms with van der Waals surface area (Å²) in [4.78, 5) is 14.4. The topological polar surface area (TPSA) is 50.2 Å². The summed E-state index contributed by atoms with van der Waals surface area (Å²) in [5.41, 5.74) is 1.32. The van der Waals surface area contributed by atoms with Crippen LogP contribution in [0.5, 0.6) is 0 Å². The number of amides is 1. The van der Waals surface area contributed by atoms with E-state index in [1.54, 1.807) is 15.8 Å². The molecule has 0 aliphatic carbocycles. The molecule has 7 heteroatoms. The first kappa shape index (κ1) is 17.5. The summed E-state index contributed by atoms with van der Waals surface area (Å²) in [6, 6.07) is 5.03. The minimum atomic E-state index is -0.619. The van der Waals surface area contributed by atoms with Gasteiger partial charge in [-0.05, 0) is 31.9 Å². The Morgan fingerprint density at radius 3 is 2.84 bits per heavy atom. The molecular formula is C18H22F2N4O. The van der Waals surface area contributed by atoms with Gasteiger partial charge < -0.3 is 4.90 Å². The van der Waals surface area contributed by atoms with Crippen molar-refractivity contribution in [1.29, 1.82) is 0 Å². The van der Waals surface area contributed by atoms with Crippen molar-refractivity contribution in [2.24, 2.45) is 7.05 Å². The van der Waals surface area contributed by atoms with Crippen LogP contribution in [0, 0.1) is 11.6 Å². The maximum absolute atomic E-state index is 13.9. The molecule has 0 saturated carbocycles. The Morgan fingerprint density at radius 1 is 1.36 bits per heavy atom. The first-order chi connectivity index (χ1) is 12.0. The summed E-state index contributed by atoms with van der Waals surface area (Å²) in [5.74, 6) is -1.29. The number of nitrogens with zero attached hydrogens (tertiary/aromatic N) is 3. The van der Waals surface area contributed by atoms with E-state index >= 15 is 0 Å². The normalized spacial score (nSPS) is 19.3. The van der Waals surface area contributed by atoms with Crippen LogP contribution in [0.25, 0.3) is 0 Å². The number of piperidine rings is 1. The van der Waals surface area contributed by atoms with Gasteiger partial charge in [0.05, 0.1) is 11.7 Å². The fourth-order valence-corrected chi connectivity index (χ4v) is 3.30. The lowest BCUT2D eigenvalue weighted by Gasteiger charge is -2.34. The largest absolute Gasteiger partial charge is 0.337 e. The number of halogens is 2. The van der Waals surface area contributed by atoms with E-state index in [4.69, 9.17) is 0 Å². The van der Waals surface area contributed by atoms with E-state index in [0.29, 0.717) is 12.1 Å². The van der Waals surface area contributed by atoms with Gasteiger partial charge in [-0.15, -0.1) is 0 Å². The molecule has 1 N–H and O–H groups in total. The van der Waals surface area contributed by atoms with Crippen LogP contribution in [0.4, 0.5) is 8.78 Å². The van der Waals surface area contributed by atoms with Crippen molar-refractivity contribution < 1.29 is 13.6 Å². The lowest BCUT2D eigenvalue weighted by molar-refractivity contribution is -0.136. The van der Waals surface area contributed by atoms with E-state index in [2.05, 4.69) is 10.4 Å². The van der Waals surface area contributed by atoms with Crippen LogP contribution in [0.2, 0.25) is 0 Å². The van der Waals surface area contributed by atoms with E-state index < -0.39 is 11.6 Å². The summed E-state index contributed by atoms with van der Waals surface area (Å²) in [7, 11) is 1.86. The van der Waals surface area contributed by atoms with Gasteiger partial charge in [0.25, 0.3) is 0 Å². The third-order valence-electron chi connectivity index (χ3n) is 4.66. The number of carbonyl (C=O) groups is 1. The van der Waals surface area contributed by atoms with Gasteiger partial charge in [0.1, 0.15) is 11.6 Å². The second kappa shape index (κ2) is 7.31. The molecule has 0 radical (unpaired) electrons. The molecule has 1 saturated heterocycles. The smallest absolute Gasteiger partial charge is 0.240 e. The van der Waals surface area contributed by atoms with Crippen LogP contribution in [-0.4, -0.2) is 33.2 Å². The zero-order chi connectivity index (χ0) is 18.0. The van der Waals surface area contributed by atoms with E-state index in [-0.39, 0.29) is 24.5 Å². The number of hydrogen-bond donors (Lipinski definition) is 1. The number of rotatable bonds is 5. The average molecular weight is 348 g/mol. The van der Waals surface area contributed by atoms with E-state index in [1.807, 2.05) is 20.0 Å². The summed E-state index contributed by atoms with van der Waals surface area (Å²) < 4.78 is 28.7. The van der Waals surface area contributed by atoms with Gasteiger partial charge >= 0.3 is 0 Å². The maximum atomic E-state index is 13.9. The highest BCUT2D eigenvalue weighted by atomic mass is 19.1. The fourth-order valence-electron chi connectivity index (χ4n) is 3.30. The van der Waals surface area contributed by atoms with Gasteiger partial charge in [0.2, 0.25) is 5.91 Å². The molecule has 1 aromatic heterocycles. The second-order valence-corrected chi connectivity index (χ2v) is 6.46. The van der Waals surface area contributed by atoms with Crippen LogP contribution in [0.1, 0.15) is 37.1 Å². The molecule has 1 aliphatic heterocycles. The fraction of sp³-hybridized carbons (Fsp3) is 0.444. The third kappa shape index (κ3) is 3.87. The van der Waals surface area contributed by atoms with Gasteiger partial charge in [0, 0.05) is 44.0 Å². The molecule has 25 heavy (non-hydrogen) atoms. The molecule has 1 aliphatic rings. The van der Waals surface area contributed by atoms with Crippen molar-refractivity contribution in [3.63, 3.8) is 0 Å². The van der Waals surface area contributed by atoms with Crippen LogP contribution < -0.4 is 5.32 Å². The van der Waals surface area contributed by atoms with Crippen molar-refractivity contribution in [3.8, 4) is 0 Å². The number of carbonyl (C=O) groups excluding carboxylic acids is 1. The second-order valence-electron chi connectivity index (χ2n) is 6.46. The lowest BCUT2D eigenvalue weighted by Crippen LogP contribution is -2.51. The molecule has 2 atom stereocenters. The summed E-state index contributed by atoms with van der Waals surface area (Å²) in [6.07, 6.45) is 3.30. The van der Waals surface area contributed by atoms with Gasteiger partial charge in [-0.2, -0.15) is 5.10 Å². The number of benzene rings is 1. The molecule has 5 nitrogen and oxygen atoms in total. The van der Waals surface area contributed by atoms with Crippen molar-refractivity contribution in [2.75, 3.05) is 6.54 Å². The highest BCUT2D eigenvalue weighted by Crippen LogP contribution is 2.20. The van der Waals surface area contributed by atoms with Crippen LogP contribution in [0.15, 0.2) is 30.5 Å². The molecular weight excluding hydrogens is 326 g/mol. The van der Waals surface area contributed by atoms with Gasteiger partial charge in [-0.25, -0.2) is 8.78 Å². The molecule has 3 rings (SSSR count). The van der Waals surface area contributed by atoms with E-state index in [9.17, 15) is 13.6 Å². The predicted molar refractivity (Wildman–Crippen MR) is 89.6 cm³/mol. The molecule has 2 aromatic rings. The number of hydrogen-bond acceptors (Lipinski definition) is 3. The molecule has 2 heterocycles. The lowest BCUT2D eigenvalue weighted by atomic mass is 10.0. The number of aryl methyl sites for hydroxylation is 1. The van der Waals surface area contributed by atoms with Gasteiger partial charge in [0.15, 0.2) is 0 Å². The van der Waals surface area contributed by atoms with E-state index in [1.165, 1.54) is 12.1 Å². The first-order valence-electron chi connectivity index (χ1n) is 8.42. The summed E-state index contributed by atoms with van der Waals surface area (Å²) >= 11 is 0. The summed E-state index contributed by atoms with van der Waals surface area (Å²) in [6.45, 7) is 2.72. The van der Waals surface area contributed by atoms with Crippen LogP contribution >= 0.6 is 0 Å².